The monoisotopic (exact) mass is 508 g/mol. The van der Waals surface area contributed by atoms with E-state index in [9.17, 15) is 56.4 Å². The Kier molecular flexibility index (Phi) is 7.98. The SMILES string of the molecule is CCCc1cc(C(=O)C(F)(F)F)c(O)c(Cc2c(O)c(CCC)cc(C(=O)C(F)(F)F)c2O)c1O. The summed E-state index contributed by atoms with van der Waals surface area (Å²) in [4.78, 5) is 23.7. The summed E-state index contributed by atoms with van der Waals surface area (Å²) in [7, 11) is 0. The average molecular weight is 508 g/mol. The van der Waals surface area contributed by atoms with Gasteiger partial charge in [0.1, 0.15) is 23.0 Å². The molecule has 0 aromatic heterocycles. The second-order valence-electron chi connectivity index (χ2n) is 7.85. The van der Waals surface area contributed by atoms with Crippen molar-refractivity contribution < 1.29 is 56.4 Å². The lowest BCUT2D eigenvalue weighted by atomic mass is 9.90. The molecule has 2 aromatic carbocycles. The van der Waals surface area contributed by atoms with Crippen LogP contribution >= 0.6 is 0 Å². The molecule has 0 saturated carbocycles. The van der Waals surface area contributed by atoms with E-state index in [4.69, 9.17) is 0 Å². The number of aryl methyl sites for hydroxylation is 2. The Morgan fingerprint density at radius 2 is 0.971 bits per heavy atom. The van der Waals surface area contributed by atoms with Gasteiger partial charge < -0.3 is 20.4 Å². The molecule has 2 aromatic rings. The molecule has 0 atom stereocenters. The first-order valence-corrected chi connectivity index (χ1v) is 10.4. The molecule has 0 aliphatic heterocycles. The van der Waals surface area contributed by atoms with Gasteiger partial charge in [0.15, 0.2) is 0 Å². The number of benzene rings is 2. The van der Waals surface area contributed by atoms with Gasteiger partial charge in [0.2, 0.25) is 0 Å². The first-order chi connectivity index (χ1) is 16.1. The third-order valence-corrected chi connectivity index (χ3v) is 5.30. The fourth-order valence-corrected chi connectivity index (χ4v) is 3.64. The van der Waals surface area contributed by atoms with Gasteiger partial charge in [-0.25, -0.2) is 0 Å². The van der Waals surface area contributed by atoms with Gasteiger partial charge >= 0.3 is 12.4 Å². The Balaban J connectivity index is 2.85. The zero-order valence-electron chi connectivity index (χ0n) is 18.6. The number of Topliss-reactive ketones (excluding diaryl/α,β-unsaturated/α-hetero) is 2. The van der Waals surface area contributed by atoms with Crippen LogP contribution in [0.2, 0.25) is 0 Å². The maximum Gasteiger partial charge on any atom is 0.455 e. The van der Waals surface area contributed by atoms with Crippen molar-refractivity contribution in [2.45, 2.75) is 58.3 Å². The van der Waals surface area contributed by atoms with Crippen LogP contribution in [-0.4, -0.2) is 44.3 Å². The fourth-order valence-electron chi connectivity index (χ4n) is 3.64. The van der Waals surface area contributed by atoms with Crippen LogP contribution in [0.15, 0.2) is 12.1 Å². The number of carbonyl (C=O) groups excluding carboxylic acids is 2. The molecule has 4 N–H and O–H groups in total. The van der Waals surface area contributed by atoms with E-state index in [1.165, 1.54) is 0 Å². The normalized spacial score (nSPS) is 12.1. The van der Waals surface area contributed by atoms with Gasteiger partial charge in [-0.3, -0.25) is 9.59 Å². The maximum absolute atomic E-state index is 13.1. The van der Waals surface area contributed by atoms with E-state index in [1.54, 1.807) is 13.8 Å². The van der Waals surface area contributed by atoms with Gasteiger partial charge in [-0.05, 0) is 36.1 Å². The lowest BCUT2D eigenvalue weighted by Crippen LogP contribution is -2.23. The third kappa shape index (κ3) is 5.63. The number of carbonyl (C=O) groups is 2. The van der Waals surface area contributed by atoms with Crippen molar-refractivity contribution in [2.24, 2.45) is 0 Å². The quantitative estimate of drug-likeness (QED) is 0.277. The van der Waals surface area contributed by atoms with Crippen LogP contribution in [0.1, 0.15) is 69.7 Å². The Morgan fingerprint density at radius 3 is 1.23 bits per heavy atom. The smallest absolute Gasteiger partial charge is 0.455 e. The van der Waals surface area contributed by atoms with Gasteiger partial charge in [0.25, 0.3) is 11.6 Å². The van der Waals surface area contributed by atoms with Crippen LogP contribution in [0.3, 0.4) is 0 Å². The molecule has 0 saturated heterocycles. The van der Waals surface area contributed by atoms with Gasteiger partial charge in [-0.1, -0.05) is 26.7 Å². The van der Waals surface area contributed by atoms with Crippen LogP contribution in [0.5, 0.6) is 23.0 Å². The summed E-state index contributed by atoms with van der Waals surface area (Å²) < 4.78 is 78.4. The number of phenols is 4. The van der Waals surface area contributed by atoms with Crippen LogP contribution in [-0.2, 0) is 19.3 Å². The molecule has 35 heavy (non-hydrogen) atoms. The van der Waals surface area contributed by atoms with E-state index in [-0.39, 0.29) is 24.0 Å². The molecule has 0 bridgehead atoms. The number of halogens is 6. The predicted octanol–water partition coefficient (Wildman–Crippen LogP) is 5.49. The van der Waals surface area contributed by atoms with Gasteiger partial charge in [0.05, 0.1) is 11.1 Å². The number of hydrogen-bond acceptors (Lipinski definition) is 6. The Hall–Kier alpha value is -3.44. The molecule has 0 radical (unpaired) electrons. The molecule has 0 amide bonds. The standard InChI is InChI=1S/C23H22F6O6/c1-3-5-10-7-14(20(34)22(24,25)26)18(32)12(16(10)30)9-13-17(31)11(6-4-2)8-15(19(13)33)21(35)23(27,28)29/h7-8,30-33H,3-6,9H2,1-2H3. The molecule has 0 aliphatic carbocycles. The molecule has 192 valence electrons. The van der Waals surface area contributed by atoms with Crippen LogP contribution < -0.4 is 0 Å². The molecular formula is C23H22F6O6. The highest BCUT2D eigenvalue weighted by molar-refractivity contribution is 6.04. The molecule has 0 aliphatic rings. The highest BCUT2D eigenvalue weighted by atomic mass is 19.4. The summed E-state index contributed by atoms with van der Waals surface area (Å²) in [6.07, 6.45) is -11.3. The lowest BCUT2D eigenvalue weighted by molar-refractivity contribution is -0.0889. The van der Waals surface area contributed by atoms with Crippen molar-refractivity contribution >= 4 is 11.6 Å². The molecule has 2 rings (SSSR count). The van der Waals surface area contributed by atoms with Crippen LogP contribution in [0.4, 0.5) is 26.3 Å². The van der Waals surface area contributed by atoms with Crippen LogP contribution in [0, 0.1) is 0 Å². The number of hydrogen-bond donors (Lipinski definition) is 4. The number of aromatic hydroxyl groups is 4. The Morgan fingerprint density at radius 1 is 0.657 bits per heavy atom. The zero-order chi connectivity index (χ0) is 26.9. The van der Waals surface area contributed by atoms with E-state index in [2.05, 4.69) is 0 Å². The van der Waals surface area contributed by atoms with Gasteiger partial charge in [0, 0.05) is 17.5 Å². The number of ketones is 2. The Bertz CT molecular complexity index is 1060. The lowest BCUT2D eigenvalue weighted by Gasteiger charge is -2.19. The summed E-state index contributed by atoms with van der Waals surface area (Å²) in [5.41, 5.74) is -4.28. The molecule has 0 unspecified atom stereocenters. The molecule has 0 spiro atoms. The summed E-state index contributed by atoms with van der Waals surface area (Å²) >= 11 is 0. The second-order valence-corrected chi connectivity index (χ2v) is 7.85. The molecule has 6 nitrogen and oxygen atoms in total. The van der Waals surface area contributed by atoms with Crippen molar-refractivity contribution in [1.82, 2.24) is 0 Å². The minimum absolute atomic E-state index is 0.0388. The second kappa shape index (κ2) is 10.0. The topological polar surface area (TPSA) is 115 Å². The number of alkyl halides is 6. The summed E-state index contributed by atoms with van der Waals surface area (Å²) in [6, 6.07) is 1.30. The van der Waals surface area contributed by atoms with E-state index in [1.807, 2.05) is 0 Å². The molecule has 12 heteroatoms. The van der Waals surface area contributed by atoms with E-state index >= 15 is 0 Å². The highest BCUT2D eigenvalue weighted by Crippen LogP contribution is 2.44. The minimum Gasteiger partial charge on any atom is -0.507 e. The minimum atomic E-state index is -5.40. The van der Waals surface area contributed by atoms with E-state index in [0.717, 1.165) is 0 Å². The Labute approximate surface area is 195 Å². The largest absolute Gasteiger partial charge is 0.507 e. The maximum atomic E-state index is 13.1. The van der Waals surface area contributed by atoms with Crippen molar-refractivity contribution in [1.29, 1.82) is 0 Å². The van der Waals surface area contributed by atoms with Gasteiger partial charge in [-0.15, -0.1) is 0 Å². The third-order valence-electron chi connectivity index (χ3n) is 5.30. The first-order valence-electron chi connectivity index (χ1n) is 10.4. The van der Waals surface area contributed by atoms with Crippen molar-refractivity contribution in [3.8, 4) is 23.0 Å². The summed E-state index contributed by atoms with van der Waals surface area (Å²) in [6.45, 7) is 3.22. The predicted molar refractivity (Wildman–Crippen MR) is 111 cm³/mol. The van der Waals surface area contributed by atoms with Crippen LogP contribution in [0.25, 0.3) is 0 Å². The van der Waals surface area contributed by atoms with Crippen molar-refractivity contribution in [2.75, 3.05) is 0 Å². The highest BCUT2D eigenvalue weighted by Gasteiger charge is 2.43. The first kappa shape index (κ1) is 27.8. The summed E-state index contributed by atoms with van der Waals surface area (Å²) in [5, 5.41) is 42.0. The number of phenolic OH excluding ortho intramolecular Hbond substituents is 4. The molecule has 0 heterocycles. The molecule has 0 fully saturated rings. The van der Waals surface area contributed by atoms with Crippen molar-refractivity contribution in [3.63, 3.8) is 0 Å². The number of rotatable bonds is 8. The molecular weight excluding hydrogens is 486 g/mol. The fraction of sp³-hybridized carbons (Fsp3) is 0.391. The van der Waals surface area contributed by atoms with Gasteiger partial charge in [-0.2, -0.15) is 26.3 Å². The summed E-state index contributed by atoms with van der Waals surface area (Å²) in [5.74, 6) is -9.07. The van der Waals surface area contributed by atoms with E-state index in [0.29, 0.717) is 25.0 Å². The average Bonchev–Trinajstić information content (AvgIpc) is 2.75. The van der Waals surface area contributed by atoms with Crippen molar-refractivity contribution in [3.05, 3.63) is 45.5 Å². The van der Waals surface area contributed by atoms with E-state index < -0.39 is 75.6 Å². The zero-order valence-corrected chi connectivity index (χ0v) is 18.6.